The van der Waals surface area contributed by atoms with Crippen molar-refractivity contribution in [1.29, 1.82) is 0 Å². The summed E-state index contributed by atoms with van der Waals surface area (Å²) in [5, 5.41) is 0. The van der Waals surface area contributed by atoms with Crippen LogP contribution < -0.4 is 0 Å². The molecule has 0 aliphatic rings. The average Bonchev–Trinajstić information content (AvgIpc) is 1.88. The number of hydrogen-bond acceptors (Lipinski definition) is 1. The minimum atomic E-state index is 0.434. The number of benzene rings is 1. The Labute approximate surface area is 70.8 Å². The maximum atomic E-state index is 5.61. The number of rotatable bonds is 1. The van der Waals surface area contributed by atoms with Crippen LogP contribution in [0.4, 0.5) is 0 Å². The first-order valence-corrected chi connectivity index (χ1v) is 3.75. The summed E-state index contributed by atoms with van der Waals surface area (Å²) in [6.45, 7) is 2.01. The van der Waals surface area contributed by atoms with Crippen LogP contribution >= 0.6 is 23.8 Å². The number of hydrogen-bond donors (Lipinski definition) is 0. The fourth-order valence-electron chi connectivity index (χ4n) is 0.767. The van der Waals surface area contributed by atoms with Gasteiger partial charge in [0, 0.05) is 5.56 Å². The summed E-state index contributed by atoms with van der Waals surface area (Å²) in [4.78, 5) is 0. The predicted octanol–water partition coefficient (Wildman–Crippen LogP) is 2.91. The van der Waals surface area contributed by atoms with Gasteiger partial charge in [0.15, 0.2) is 0 Å². The van der Waals surface area contributed by atoms with Gasteiger partial charge in [0.1, 0.15) is 4.32 Å². The summed E-state index contributed by atoms with van der Waals surface area (Å²) in [6, 6.07) is 7.83. The summed E-state index contributed by atoms with van der Waals surface area (Å²) >= 11 is 10.4. The van der Waals surface area contributed by atoms with Crippen LogP contribution in [0.25, 0.3) is 0 Å². The van der Waals surface area contributed by atoms with Gasteiger partial charge in [-0.25, -0.2) is 0 Å². The molecule has 0 fully saturated rings. The van der Waals surface area contributed by atoms with Crippen molar-refractivity contribution >= 4 is 28.1 Å². The van der Waals surface area contributed by atoms with Crippen LogP contribution in [-0.2, 0) is 0 Å². The maximum Gasteiger partial charge on any atom is 0.111 e. The smallest absolute Gasteiger partial charge is 0.0709 e. The Bertz CT molecular complexity index is 255. The van der Waals surface area contributed by atoms with Crippen LogP contribution in [0, 0.1) is 6.92 Å². The first-order valence-electron chi connectivity index (χ1n) is 2.96. The van der Waals surface area contributed by atoms with E-state index in [0.29, 0.717) is 4.32 Å². The molecule has 0 heterocycles. The van der Waals surface area contributed by atoms with E-state index in [1.54, 1.807) is 0 Å². The van der Waals surface area contributed by atoms with Crippen molar-refractivity contribution in [3.63, 3.8) is 0 Å². The first kappa shape index (κ1) is 7.70. The highest BCUT2D eigenvalue weighted by molar-refractivity contribution is 7.83. The summed E-state index contributed by atoms with van der Waals surface area (Å²) in [6.07, 6.45) is 0. The Kier molecular flexibility index (Phi) is 2.41. The number of thiocarbonyl (C=S) groups is 1. The molecule has 0 nitrogen and oxygen atoms in total. The molecule has 0 radical (unpaired) electrons. The molecule has 0 spiro atoms. The molecule has 1 aromatic rings. The largest absolute Gasteiger partial charge is 0.111 e. The van der Waals surface area contributed by atoms with Crippen LogP contribution in [0.1, 0.15) is 11.1 Å². The third-order valence-electron chi connectivity index (χ3n) is 1.25. The van der Waals surface area contributed by atoms with E-state index in [2.05, 4.69) is 0 Å². The Hall–Kier alpha value is -0.400. The van der Waals surface area contributed by atoms with E-state index in [4.69, 9.17) is 23.8 Å². The van der Waals surface area contributed by atoms with Gasteiger partial charge in [-0.3, -0.25) is 0 Å². The van der Waals surface area contributed by atoms with E-state index in [1.807, 2.05) is 31.2 Å². The monoisotopic (exact) mass is 170 g/mol. The van der Waals surface area contributed by atoms with E-state index < -0.39 is 0 Å². The molecule has 0 amide bonds. The molecular formula is C8H7ClS. The number of aryl methyl sites for hydroxylation is 1. The van der Waals surface area contributed by atoms with Crippen molar-refractivity contribution in [2.75, 3.05) is 0 Å². The normalized spacial score (nSPS) is 9.40. The fourth-order valence-corrected chi connectivity index (χ4v) is 1.01. The molecule has 0 saturated heterocycles. The molecule has 10 heavy (non-hydrogen) atoms. The van der Waals surface area contributed by atoms with Gasteiger partial charge in [0.05, 0.1) is 0 Å². The lowest BCUT2D eigenvalue weighted by atomic mass is 10.2. The van der Waals surface area contributed by atoms with Crippen molar-refractivity contribution in [2.45, 2.75) is 6.92 Å². The summed E-state index contributed by atoms with van der Waals surface area (Å²) in [7, 11) is 0. The minimum absolute atomic E-state index is 0.434. The van der Waals surface area contributed by atoms with Crippen molar-refractivity contribution < 1.29 is 0 Å². The molecule has 0 N–H and O–H groups in total. The van der Waals surface area contributed by atoms with Gasteiger partial charge in [-0.1, -0.05) is 47.6 Å². The van der Waals surface area contributed by atoms with E-state index in [9.17, 15) is 0 Å². The molecule has 0 aliphatic carbocycles. The lowest BCUT2D eigenvalue weighted by Gasteiger charge is -1.95. The van der Waals surface area contributed by atoms with Gasteiger partial charge in [0.2, 0.25) is 0 Å². The zero-order valence-electron chi connectivity index (χ0n) is 5.60. The van der Waals surface area contributed by atoms with Gasteiger partial charge in [-0.05, 0) is 13.0 Å². The van der Waals surface area contributed by atoms with E-state index in [-0.39, 0.29) is 0 Å². The third-order valence-corrected chi connectivity index (χ3v) is 1.70. The van der Waals surface area contributed by atoms with Crippen LogP contribution in [0.3, 0.4) is 0 Å². The van der Waals surface area contributed by atoms with E-state index in [1.165, 1.54) is 5.56 Å². The average molecular weight is 171 g/mol. The van der Waals surface area contributed by atoms with Crippen LogP contribution in [-0.4, -0.2) is 4.32 Å². The quantitative estimate of drug-likeness (QED) is 0.462. The second-order valence-corrected chi connectivity index (χ2v) is 3.15. The molecule has 0 atom stereocenters. The van der Waals surface area contributed by atoms with E-state index >= 15 is 0 Å². The first-order chi connectivity index (χ1) is 4.70. The second kappa shape index (κ2) is 3.13. The second-order valence-electron chi connectivity index (χ2n) is 2.14. The SMILES string of the molecule is Cc1cccc(C(=S)Cl)c1. The van der Waals surface area contributed by atoms with Crippen LogP contribution in [0.2, 0.25) is 0 Å². The third kappa shape index (κ3) is 1.79. The van der Waals surface area contributed by atoms with Gasteiger partial charge in [-0.15, -0.1) is 0 Å². The lowest BCUT2D eigenvalue weighted by Crippen LogP contribution is -1.85. The van der Waals surface area contributed by atoms with Crippen molar-refractivity contribution in [1.82, 2.24) is 0 Å². The molecular weight excluding hydrogens is 164 g/mol. The summed E-state index contributed by atoms with van der Waals surface area (Å²) < 4.78 is 0.434. The molecule has 52 valence electrons. The molecule has 1 aromatic carbocycles. The van der Waals surface area contributed by atoms with Crippen molar-refractivity contribution in [3.8, 4) is 0 Å². The molecule has 0 unspecified atom stereocenters. The van der Waals surface area contributed by atoms with Gasteiger partial charge < -0.3 is 0 Å². The highest BCUT2D eigenvalue weighted by Gasteiger charge is 1.94. The van der Waals surface area contributed by atoms with Crippen LogP contribution in [0.15, 0.2) is 24.3 Å². The van der Waals surface area contributed by atoms with Gasteiger partial charge in [-0.2, -0.15) is 0 Å². The lowest BCUT2D eigenvalue weighted by molar-refractivity contribution is 1.47. The summed E-state index contributed by atoms with van der Waals surface area (Å²) in [5.74, 6) is 0. The maximum absolute atomic E-state index is 5.61. The molecule has 0 bridgehead atoms. The Morgan fingerprint density at radius 2 is 2.20 bits per heavy atom. The van der Waals surface area contributed by atoms with Crippen LogP contribution in [0.5, 0.6) is 0 Å². The molecule has 0 aromatic heterocycles. The Morgan fingerprint density at radius 1 is 1.50 bits per heavy atom. The minimum Gasteiger partial charge on any atom is -0.0709 e. The summed E-state index contributed by atoms with van der Waals surface area (Å²) in [5.41, 5.74) is 2.11. The van der Waals surface area contributed by atoms with E-state index in [0.717, 1.165) is 5.56 Å². The molecule has 0 saturated carbocycles. The van der Waals surface area contributed by atoms with Crippen molar-refractivity contribution in [2.24, 2.45) is 0 Å². The molecule has 1 rings (SSSR count). The zero-order valence-corrected chi connectivity index (χ0v) is 7.17. The van der Waals surface area contributed by atoms with Gasteiger partial charge >= 0.3 is 0 Å². The fraction of sp³-hybridized carbons (Fsp3) is 0.125. The topological polar surface area (TPSA) is 0 Å². The zero-order chi connectivity index (χ0) is 7.56. The van der Waals surface area contributed by atoms with Crippen molar-refractivity contribution in [3.05, 3.63) is 35.4 Å². The highest BCUT2D eigenvalue weighted by atomic mass is 35.5. The Morgan fingerprint density at radius 3 is 2.60 bits per heavy atom. The standard InChI is InChI=1S/C8H7ClS/c1-6-3-2-4-7(5-6)8(9)10/h2-5H,1H3. The number of halogens is 1. The molecule has 0 aliphatic heterocycles. The Balaban J connectivity index is 3.07. The highest BCUT2D eigenvalue weighted by Crippen LogP contribution is 2.07. The molecule has 2 heteroatoms. The predicted molar refractivity (Wildman–Crippen MR) is 48.7 cm³/mol. The van der Waals surface area contributed by atoms with Gasteiger partial charge in [0.25, 0.3) is 0 Å².